The summed E-state index contributed by atoms with van der Waals surface area (Å²) in [5.74, 6) is -3.46. The summed E-state index contributed by atoms with van der Waals surface area (Å²) in [5.41, 5.74) is 10.6. The lowest BCUT2D eigenvalue weighted by molar-refractivity contribution is -0.174. The molecule has 0 unspecified atom stereocenters. The van der Waals surface area contributed by atoms with E-state index in [-0.39, 0.29) is 47.3 Å². The minimum atomic E-state index is -1.82. The summed E-state index contributed by atoms with van der Waals surface area (Å²) in [6.07, 6.45) is 4.85. The quantitative estimate of drug-likeness (QED) is 0.0191. The van der Waals surface area contributed by atoms with Gasteiger partial charge in [0.25, 0.3) is 17.7 Å². The van der Waals surface area contributed by atoms with Crippen LogP contribution in [0.3, 0.4) is 0 Å². The molecule has 23 heteroatoms. The van der Waals surface area contributed by atoms with Crippen molar-refractivity contribution in [2.24, 2.45) is 15.3 Å². The average Bonchev–Trinajstić information content (AvgIpc) is 1.10. The van der Waals surface area contributed by atoms with Crippen molar-refractivity contribution in [3.63, 3.8) is 0 Å². The third kappa shape index (κ3) is 22.0. The molecular formula is C98H81F4N9O10. The van der Waals surface area contributed by atoms with E-state index in [0.29, 0.717) is 90.7 Å². The van der Waals surface area contributed by atoms with Crippen molar-refractivity contribution in [3.8, 4) is 34.5 Å². The summed E-state index contributed by atoms with van der Waals surface area (Å²) in [4.78, 5) is 83.6. The fraction of sp³-hybridized carbons (Fsp3) is 0.112. The molecule has 2 saturated heterocycles. The van der Waals surface area contributed by atoms with Crippen LogP contribution in [0.4, 0.5) is 17.6 Å². The van der Waals surface area contributed by atoms with Gasteiger partial charge < -0.3 is 33.3 Å². The topological polar surface area (TPSA) is 226 Å². The Balaban J connectivity index is 0.000000142. The first-order valence-corrected chi connectivity index (χ1v) is 38.8. The zero-order valence-electron chi connectivity index (χ0n) is 65.7. The maximum Gasteiger partial charge on any atom is 0.275 e. The number of carbonyl (C=O) groups excluding carboxylic acids is 6. The number of piperazine rings is 1. The van der Waals surface area contributed by atoms with Crippen molar-refractivity contribution in [2.75, 3.05) is 13.1 Å². The number of rotatable bonds is 22. The number of amides is 6. The van der Waals surface area contributed by atoms with Gasteiger partial charge in [0.05, 0.1) is 41.9 Å². The normalized spacial score (nSPS) is 13.6. The smallest absolute Gasteiger partial charge is 0.275 e. The van der Waals surface area contributed by atoms with Gasteiger partial charge in [-0.2, -0.15) is 15.3 Å². The van der Waals surface area contributed by atoms with Crippen molar-refractivity contribution >= 4 is 75.6 Å². The highest BCUT2D eigenvalue weighted by atomic mass is 19.2. The molecule has 2 fully saturated rings. The van der Waals surface area contributed by atoms with Crippen LogP contribution < -0.4 is 30.5 Å². The van der Waals surface area contributed by atoms with Crippen LogP contribution >= 0.6 is 0 Å². The Hall–Kier alpha value is -15.4. The first-order valence-electron chi connectivity index (χ1n) is 38.8. The minimum absolute atomic E-state index is 0.0178. The van der Waals surface area contributed by atoms with Gasteiger partial charge in [-0.3, -0.25) is 28.8 Å². The van der Waals surface area contributed by atoms with E-state index in [1.165, 1.54) is 12.3 Å². The molecule has 2 aliphatic heterocycles. The molecular weight excluding hydrogens is 1540 g/mol. The van der Waals surface area contributed by atoms with Crippen LogP contribution in [0, 0.1) is 37.1 Å². The number of hydrogen-bond acceptors (Lipinski definition) is 13. The first-order chi connectivity index (χ1) is 59.0. The number of furan rings is 1. The molecule has 121 heavy (non-hydrogen) atoms. The Morgan fingerprint density at radius 2 is 0.967 bits per heavy atom. The second kappa shape index (κ2) is 40.9. The number of aryl methyl sites for hydroxylation is 2. The van der Waals surface area contributed by atoms with Gasteiger partial charge >= 0.3 is 0 Å². The van der Waals surface area contributed by atoms with Crippen LogP contribution in [0.1, 0.15) is 88.8 Å². The average molecular weight is 1620 g/mol. The molecule has 2 aliphatic rings. The van der Waals surface area contributed by atoms with Gasteiger partial charge in [0.1, 0.15) is 64.0 Å². The lowest BCUT2D eigenvalue weighted by atomic mass is 9.96. The first kappa shape index (κ1) is 83.6. The van der Waals surface area contributed by atoms with Crippen LogP contribution in [0.2, 0.25) is 0 Å². The van der Waals surface area contributed by atoms with E-state index in [2.05, 4.69) is 55.8 Å². The van der Waals surface area contributed by atoms with Crippen molar-refractivity contribution in [2.45, 2.75) is 58.3 Å². The molecule has 0 radical (unpaired) electrons. The standard InChI is InChI=1S/C34H33N3O3.C24H18N2O2.C21H14F4N2O2.C19H16N2O3/c38-32(19-18-25-10-3-1-4-11-25)36-21-20-33(39)37-30(22-26-12-5-2-6-13-26)34(40)35(24-31(36)37)23-28-16-9-15-27-14-7-8-17-29(27)28;27-24(22-15-6-7-16-23(22)28-20-12-2-1-3-13-20)26-25-17-19-11-8-10-18-9-4-5-14-21(18)19;1-12-17(22)15(19(24)20(25)18(12)23)11-26-27-21(28)14-9-5-6-10-16(14)29-13-7-3-2-4-8-13;1-14-10-11-18(23-14)13-20-21-19(22)15-6-5-9-17(12-15)24-16-7-3-2-4-8-16/h1-17,30-31H,18-24H2;1-17H,(H,26,27);2-11H,1H3,(H,27,28);2-13H,1H3,(H,21,22)/b;25-17+;26-11+;20-13+/t30-,31+;;;/m0.../s1. The number of hydrazone groups is 3. The van der Waals surface area contributed by atoms with Gasteiger partial charge in [-0.25, -0.2) is 33.8 Å². The molecule has 6 amide bonds. The van der Waals surface area contributed by atoms with Crippen molar-refractivity contribution in [1.82, 2.24) is 31.0 Å². The molecule has 0 bridgehead atoms. The van der Waals surface area contributed by atoms with Gasteiger partial charge in [0, 0.05) is 49.0 Å². The van der Waals surface area contributed by atoms with E-state index in [1.807, 2.05) is 211 Å². The molecule has 14 aromatic rings. The van der Waals surface area contributed by atoms with Gasteiger partial charge in [-0.05, 0) is 149 Å². The SMILES string of the molecule is Cc1c(F)c(F)c(F)c(/C=N/NC(=O)c2ccccc2Oc2ccccc2)c1F.Cc1ccc(/C=N/NC(=O)c2cccc(Oc3ccccc3)c2)o1.O=C(N/N=C/c1cccc2ccccc12)c1ccccc1Oc1ccccc1.O=C1[C@H](Cc2ccccc2)N2C(=O)CCN(C(=O)CCc3ccccc3)[C@H]2CN1Cc1cccc2ccccc12. The molecule has 16 rings (SSSR count). The van der Waals surface area contributed by atoms with E-state index in [4.69, 9.17) is 18.6 Å². The number of para-hydroxylation sites is 5. The predicted octanol–water partition coefficient (Wildman–Crippen LogP) is 19.5. The fourth-order valence-corrected chi connectivity index (χ4v) is 13.6. The second-order valence-electron chi connectivity index (χ2n) is 27.8. The third-order valence-electron chi connectivity index (χ3n) is 19.6. The van der Waals surface area contributed by atoms with Gasteiger partial charge in [-0.15, -0.1) is 0 Å². The maximum atomic E-state index is 14.1. The number of hydrogen-bond donors (Lipinski definition) is 3. The van der Waals surface area contributed by atoms with Gasteiger partial charge in [0.2, 0.25) is 17.7 Å². The molecule has 2 atom stereocenters. The monoisotopic (exact) mass is 1620 g/mol. The summed E-state index contributed by atoms with van der Waals surface area (Å²) < 4.78 is 77.1. The highest BCUT2D eigenvalue weighted by Crippen LogP contribution is 2.33. The van der Waals surface area contributed by atoms with Crippen LogP contribution in [-0.2, 0) is 33.8 Å². The summed E-state index contributed by atoms with van der Waals surface area (Å²) in [7, 11) is 0. The number of carbonyl (C=O) groups is 6. The van der Waals surface area contributed by atoms with E-state index in [9.17, 15) is 46.3 Å². The van der Waals surface area contributed by atoms with Crippen molar-refractivity contribution in [1.29, 1.82) is 0 Å². The number of benzene rings is 13. The Kier molecular flexibility index (Phi) is 28.3. The molecule has 0 spiro atoms. The summed E-state index contributed by atoms with van der Waals surface area (Å²) in [5, 5.41) is 15.9. The molecule has 3 N–H and O–H groups in total. The Morgan fingerprint density at radius 1 is 0.471 bits per heavy atom. The molecule has 19 nitrogen and oxygen atoms in total. The highest BCUT2D eigenvalue weighted by Gasteiger charge is 2.48. The van der Waals surface area contributed by atoms with E-state index < -0.39 is 52.5 Å². The Bertz CT molecular complexity index is 6030. The minimum Gasteiger partial charge on any atom is -0.460 e. The van der Waals surface area contributed by atoms with Crippen LogP contribution in [-0.4, -0.2) is 94.1 Å². The molecule has 0 saturated carbocycles. The van der Waals surface area contributed by atoms with Gasteiger partial charge in [0.15, 0.2) is 17.5 Å². The Labute approximate surface area is 695 Å². The zero-order chi connectivity index (χ0) is 84.4. The Morgan fingerprint density at radius 3 is 1.58 bits per heavy atom. The molecule has 1 aromatic heterocycles. The molecule has 3 heterocycles. The predicted molar refractivity (Wildman–Crippen MR) is 457 cm³/mol. The summed E-state index contributed by atoms with van der Waals surface area (Å²) in [6, 6.07) is 98.8. The van der Waals surface area contributed by atoms with E-state index >= 15 is 0 Å². The van der Waals surface area contributed by atoms with E-state index in [1.54, 1.807) is 108 Å². The largest absolute Gasteiger partial charge is 0.460 e. The lowest BCUT2D eigenvalue weighted by Gasteiger charge is -2.52. The van der Waals surface area contributed by atoms with Crippen LogP contribution in [0.15, 0.2) is 341 Å². The van der Waals surface area contributed by atoms with E-state index in [0.717, 1.165) is 56.5 Å². The molecule has 0 aliphatic carbocycles. The summed E-state index contributed by atoms with van der Waals surface area (Å²) in [6.45, 7) is 3.91. The highest BCUT2D eigenvalue weighted by molar-refractivity contribution is 6.02. The molecule has 606 valence electrons. The van der Waals surface area contributed by atoms with Gasteiger partial charge in [-0.1, -0.05) is 231 Å². The van der Waals surface area contributed by atoms with Crippen LogP contribution in [0.5, 0.6) is 34.5 Å². The number of ether oxygens (including phenoxy) is 3. The number of nitrogens with one attached hydrogen (secondary N) is 3. The van der Waals surface area contributed by atoms with Crippen molar-refractivity contribution < 1.29 is 65.0 Å². The van der Waals surface area contributed by atoms with Crippen LogP contribution in [0.25, 0.3) is 21.5 Å². The van der Waals surface area contributed by atoms with Crippen molar-refractivity contribution in [3.05, 3.63) is 406 Å². The number of fused-ring (bicyclic) bond motifs is 3. The summed E-state index contributed by atoms with van der Waals surface area (Å²) >= 11 is 0. The zero-order valence-corrected chi connectivity index (χ0v) is 65.7. The second-order valence-corrected chi connectivity index (χ2v) is 27.8. The number of halogens is 4. The number of nitrogens with zero attached hydrogens (tertiary/aromatic N) is 6. The third-order valence-corrected chi connectivity index (χ3v) is 19.6. The lowest BCUT2D eigenvalue weighted by Crippen LogP contribution is -2.71. The maximum absolute atomic E-state index is 14.1. The molecule has 13 aromatic carbocycles. The fourth-order valence-electron chi connectivity index (χ4n) is 13.6.